The summed E-state index contributed by atoms with van der Waals surface area (Å²) in [5.74, 6) is 2.81. The summed E-state index contributed by atoms with van der Waals surface area (Å²) in [7, 11) is 0. The SMILES string of the molecule is C#CCN(CC)C(=O)C1(C)CCCCC1. The van der Waals surface area contributed by atoms with Gasteiger partial charge in [0.25, 0.3) is 0 Å². The molecule has 0 unspecified atom stereocenters. The van der Waals surface area contributed by atoms with E-state index in [0.717, 1.165) is 19.4 Å². The predicted molar refractivity (Wildman–Crippen MR) is 62.3 cm³/mol. The molecule has 0 saturated heterocycles. The zero-order chi connectivity index (χ0) is 11.3. The number of carbonyl (C=O) groups excluding carboxylic acids is 1. The molecule has 0 heterocycles. The van der Waals surface area contributed by atoms with Crippen molar-refractivity contribution in [3.8, 4) is 12.3 Å². The second-order valence-corrected chi connectivity index (χ2v) is 4.64. The van der Waals surface area contributed by atoms with Crippen molar-refractivity contribution in [1.29, 1.82) is 0 Å². The summed E-state index contributed by atoms with van der Waals surface area (Å²) in [6.07, 6.45) is 10.9. The lowest BCUT2D eigenvalue weighted by molar-refractivity contribution is -0.142. The van der Waals surface area contributed by atoms with Gasteiger partial charge in [-0.1, -0.05) is 32.1 Å². The van der Waals surface area contributed by atoms with Crippen LogP contribution in [0.15, 0.2) is 0 Å². The maximum Gasteiger partial charge on any atom is 0.229 e. The second-order valence-electron chi connectivity index (χ2n) is 4.64. The van der Waals surface area contributed by atoms with E-state index in [0.29, 0.717) is 6.54 Å². The van der Waals surface area contributed by atoms with E-state index in [1.807, 2.05) is 6.92 Å². The molecule has 1 saturated carbocycles. The number of hydrogen-bond donors (Lipinski definition) is 0. The van der Waals surface area contributed by atoms with Crippen molar-refractivity contribution in [3.63, 3.8) is 0 Å². The minimum Gasteiger partial charge on any atom is -0.331 e. The van der Waals surface area contributed by atoms with Crippen LogP contribution in [0.5, 0.6) is 0 Å². The van der Waals surface area contributed by atoms with Gasteiger partial charge in [0.15, 0.2) is 0 Å². The average Bonchev–Trinajstić information content (AvgIpc) is 2.26. The van der Waals surface area contributed by atoms with Crippen LogP contribution in [0.3, 0.4) is 0 Å². The summed E-state index contributed by atoms with van der Waals surface area (Å²) < 4.78 is 0. The maximum absolute atomic E-state index is 12.3. The molecule has 1 rings (SSSR count). The van der Waals surface area contributed by atoms with E-state index in [9.17, 15) is 4.79 Å². The van der Waals surface area contributed by atoms with Gasteiger partial charge in [0, 0.05) is 12.0 Å². The van der Waals surface area contributed by atoms with Crippen molar-refractivity contribution in [2.75, 3.05) is 13.1 Å². The van der Waals surface area contributed by atoms with E-state index >= 15 is 0 Å². The molecule has 2 nitrogen and oxygen atoms in total. The lowest BCUT2D eigenvalue weighted by Gasteiger charge is -2.36. The minimum atomic E-state index is -0.148. The van der Waals surface area contributed by atoms with Crippen molar-refractivity contribution in [2.45, 2.75) is 46.0 Å². The number of rotatable bonds is 3. The Morgan fingerprint density at radius 2 is 2.00 bits per heavy atom. The molecule has 2 heteroatoms. The van der Waals surface area contributed by atoms with Crippen LogP contribution in [0.1, 0.15) is 46.0 Å². The quantitative estimate of drug-likeness (QED) is 0.651. The Hall–Kier alpha value is -0.970. The Bertz CT molecular complexity index is 258. The Labute approximate surface area is 93.0 Å². The van der Waals surface area contributed by atoms with Gasteiger partial charge < -0.3 is 4.90 Å². The molecule has 0 spiro atoms. The largest absolute Gasteiger partial charge is 0.331 e. The molecule has 1 fully saturated rings. The first-order valence-corrected chi connectivity index (χ1v) is 5.87. The van der Waals surface area contributed by atoms with E-state index in [1.165, 1.54) is 19.3 Å². The third-order valence-corrected chi connectivity index (χ3v) is 3.42. The molecule has 0 radical (unpaired) electrons. The van der Waals surface area contributed by atoms with Crippen LogP contribution in [0.4, 0.5) is 0 Å². The molecule has 0 aromatic rings. The first-order chi connectivity index (χ1) is 7.14. The third-order valence-electron chi connectivity index (χ3n) is 3.42. The van der Waals surface area contributed by atoms with Gasteiger partial charge in [-0.15, -0.1) is 6.42 Å². The zero-order valence-corrected chi connectivity index (χ0v) is 9.88. The number of hydrogen-bond acceptors (Lipinski definition) is 1. The van der Waals surface area contributed by atoms with Crippen molar-refractivity contribution < 1.29 is 4.79 Å². The van der Waals surface area contributed by atoms with Crippen LogP contribution in [-0.4, -0.2) is 23.9 Å². The lowest BCUT2D eigenvalue weighted by Crippen LogP contribution is -2.43. The van der Waals surface area contributed by atoms with Gasteiger partial charge >= 0.3 is 0 Å². The molecule has 0 bridgehead atoms. The Kier molecular flexibility index (Phi) is 4.20. The van der Waals surface area contributed by atoms with Crippen LogP contribution in [-0.2, 0) is 4.79 Å². The molecular formula is C13H21NO. The maximum atomic E-state index is 12.3. The van der Waals surface area contributed by atoms with Crippen molar-refractivity contribution in [2.24, 2.45) is 5.41 Å². The fourth-order valence-electron chi connectivity index (χ4n) is 2.37. The normalized spacial score (nSPS) is 19.3. The van der Waals surface area contributed by atoms with Crippen LogP contribution < -0.4 is 0 Å². The zero-order valence-electron chi connectivity index (χ0n) is 9.88. The summed E-state index contributed by atoms with van der Waals surface area (Å²) in [6.45, 7) is 5.25. The van der Waals surface area contributed by atoms with Gasteiger partial charge in [0.1, 0.15) is 0 Å². The fraction of sp³-hybridized carbons (Fsp3) is 0.769. The van der Waals surface area contributed by atoms with Crippen molar-refractivity contribution in [3.05, 3.63) is 0 Å². The average molecular weight is 207 g/mol. The molecule has 0 aliphatic heterocycles. The van der Waals surface area contributed by atoms with Gasteiger partial charge in [-0.05, 0) is 19.8 Å². The van der Waals surface area contributed by atoms with Gasteiger partial charge in [-0.25, -0.2) is 0 Å². The molecule has 0 aromatic carbocycles. The fourth-order valence-corrected chi connectivity index (χ4v) is 2.37. The van der Waals surface area contributed by atoms with E-state index in [1.54, 1.807) is 4.90 Å². The number of nitrogens with zero attached hydrogens (tertiary/aromatic N) is 1. The molecule has 0 aromatic heterocycles. The van der Waals surface area contributed by atoms with E-state index in [-0.39, 0.29) is 11.3 Å². The smallest absolute Gasteiger partial charge is 0.229 e. The topological polar surface area (TPSA) is 20.3 Å². The molecule has 84 valence electrons. The van der Waals surface area contributed by atoms with Gasteiger partial charge in [-0.3, -0.25) is 4.79 Å². The molecule has 1 aliphatic rings. The first-order valence-electron chi connectivity index (χ1n) is 5.87. The Balaban J connectivity index is 2.68. The minimum absolute atomic E-state index is 0.148. The molecule has 1 aliphatic carbocycles. The first kappa shape index (κ1) is 12.1. The highest BCUT2D eigenvalue weighted by molar-refractivity contribution is 5.82. The third kappa shape index (κ3) is 2.75. The number of carbonyl (C=O) groups is 1. The number of amides is 1. The highest BCUT2D eigenvalue weighted by Gasteiger charge is 2.36. The van der Waals surface area contributed by atoms with Crippen LogP contribution in [0.25, 0.3) is 0 Å². The molecule has 0 N–H and O–H groups in total. The van der Waals surface area contributed by atoms with Crippen molar-refractivity contribution >= 4 is 5.91 Å². The van der Waals surface area contributed by atoms with Crippen LogP contribution in [0, 0.1) is 17.8 Å². The summed E-state index contributed by atoms with van der Waals surface area (Å²) in [5, 5.41) is 0. The summed E-state index contributed by atoms with van der Waals surface area (Å²) in [6, 6.07) is 0. The Morgan fingerprint density at radius 3 is 2.47 bits per heavy atom. The summed E-state index contributed by atoms with van der Waals surface area (Å²) in [4.78, 5) is 14.1. The van der Waals surface area contributed by atoms with Gasteiger partial charge in [0.05, 0.1) is 6.54 Å². The number of terminal acetylenes is 1. The van der Waals surface area contributed by atoms with E-state index in [2.05, 4.69) is 12.8 Å². The molecule has 0 atom stereocenters. The summed E-state index contributed by atoms with van der Waals surface area (Å²) >= 11 is 0. The predicted octanol–water partition coefficient (Wildman–Crippen LogP) is 2.44. The van der Waals surface area contributed by atoms with Crippen LogP contribution >= 0.6 is 0 Å². The Morgan fingerprint density at radius 1 is 1.40 bits per heavy atom. The highest BCUT2D eigenvalue weighted by atomic mass is 16.2. The second kappa shape index (κ2) is 5.21. The summed E-state index contributed by atoms with van der Waals surface area (Å²) in [5.41, 5.74) is -0.148. The van der Waals surface area contributed by atoms with Crippen LogP contribution in [0.2, 0.25) is 0 Å². The van der Waals surface area contributed by atoms with Gasteiger partial charge in [0.2, 0.25) is 5.91 Å². The van der Waals surface area contributed by atoms with E-state index < -0.39 is 0 Å². The standard InChI is InChI=1S/C13H21NO/c1-4-11-14(5-2)12(15)13(3)9-7-6-8-10-13/h1H,5-11H2,2-3H3. The highest BCUT2D eigenvalue weighted by Crippen LogP contribution is 2.37. The molecule has 15 heavy (non-hydrogen) atoms. The van der Waals surface area contributed by atoms with Gasteiger partial charge in [-0.2, -0.15) is 0 Å². The van der Waals surface area contributed by atoms with E-state index in [4.69, 9.17) is 6.42 Å². The van der Waals surface area contributed by atoms with Crippen molar-refractivity contribution in [1.82, 2.24) is 4.90 Å². The lowest BCUT2D eigenvalue weighted by atomic mass is 9.74. The molecule has 1 amide bonds. The monoisotopic (exact) mass is 207 g/mol. The molecular weight excluding hydrogens is 186 g/mol.